The summed E-state index contributed by atoms with van der Waals surface area (Å²) in [7, 11) is 0. The lowest BCUT2D eigenvalue weighted by Gasteiger charge is -2.30. The molecule has 1 aromatic carbocycles. The van der Waals surface area contributed by atoms with Gasteiger partial charge in [-0.15, -0.1) is 0 Å². The zero-order valence-electron chi connectivity index (χ0n) is 10.5. The van der Waals surface area contributed by atoms with Crippen LogP contribution in [0, 0.1) is 5.92 Å². The number of nitrogens with zero attached hydrogens (tertiary/aromatic N) is 1. The van der Waals surface area contributed by atoms with Gasteiger partial charge in [-0.25, -0.2) is 4.79 Å². The van der Waals surface area contributed by atoms with Gasteiger partial charge in [-0.1, -0.05) is 30.3 Å². The minimum atomic E-state index is -0.406. The molecule has 0 atom stereocenters. The van der Waals surface area contributed by atoms with E-state index < -0.39 is 6.09 Å². The van der Waals surface area contributed by atoms with E-state index in [2.05, 4.69) is 29.1 Å². The minimum absolute atomic E-state index is 0.406. The second-order valence-electron chi connectivity index (χ2n) is 4.84. The number of nitrogens with two attached hydrogens (primary N) is 1. The van der Waals surface area contributed by atoms with Crippen LogP contribution in [0.25, 0.3) is 0 Å². The third-order valence-corrected chi connectivity index (χ3v) is 3.66. The highest BCUT2D eigenvalue weighted by atomic mass is 16.7. The molecule has 4 heteroatoms. The van der Waals surface area contributed by atoms with Gasteiger partial charge in [0.2, 0.25) is 0 Å². The number of hydrogen-bond donors (Lipinski definition) is 1. The van der Waals surface area contributed by atoms with E-state index in [1.807, 2.05) is 6.07 Å². The van der Waals surface area contributed by atoms with Gasteiger partial charge in [0, 0.05) is 13.1 Å². The summed E-state index contributed by atoms with van der Waals surface area (Å²) in [6, 6.07) is 10.5. The van der Waals surface area contributed by atoms with Gasteiger partial charge in [0.05, 0.1) is 0 Å². The van der Waals surface area contributed by atoms with Crippen molar-refractivity contribution in [1.29, 1.82) is 0 Å². The molecule has 0 saturated carbocycles. The van der Waals surface area contributed by atoms with Gasteiger partial charge in [-0.05, 0) is 37.2 Å². The molecular weight excluding hydrogens is 228 g/mol. The summed E-state index contributed by atoms with van der Waals surface area (Å²) < 4.78 is 0. The molecule has 2 rings (SSSR count). The Morgan fingerprint density at radius 2 is 1.94 bits per heavy atom. The lowest BCUT2D eigenvalue weighted by Crippen LogP contribution is -2.39. The summed E-state index contributed by atoms with van der Waals surface area (Å²) in [6.45, 7) is 1.52. The van der Waals surface area contributed by atoms with Gasteiger partial charge < -0.3 is 9.74 Å². The summed E-state index contributed by atoms with van der Waals surface area (Å²) in [6.07, 6.45) is 3.99. The van der Waals surface area contributed by atoms with Crippen LogP contribution in [-0.2, 0) is 11.3 Å². The SMILES string of the molecule is NOC(=O)N1CCC(CCc2ccccc2)CC1. The van der Waals surface area contributed by atoms with Crippen molar-refractivity contribution in [1.82, 2.24) is 4.90 Å². The van der Waals surface area contributed by atoms with Crippen molar-refractivity contribution in [2.75, 3.05) is 13.1 Å². The highest BCUT2D eigenvalue weighted by Gasteiger charge is 2.23. The van der Waals surface area contributed by atoms with Crippen LogP contribution in [0.3, 0.4) is 0 Å². The van der Waals surface area contributed by atoms with Crippen molar-refractivity contribution < 1.29 is 9.63 Å². The zero-order valence-corrected chi connectivity index (χ0v) is 10.5. The molecule has 18 heavy (non-hydrogen) atoms. The fraction of sp³-hybridized carbons (Fsp3) is 0.500. The Kier molecular flexibility index (Phi) is 4.59. The molecule has 1 fully saturated rings. The van der Waals surface area contributed by atoms with Gasteiger partial charge in [0.25, 0.3) is 0 Å². The molecule has 0 bridgehead atoms. The highest BCUT2D eigenvalue weighted by Crippen LogP contribution is 2.22. The van der Waals surface area contributed by atoms with E-state index in [9.17, 15) is 4.79 Å². The normalized spacial score (nSPS) is 16.6. The fourth-order valence-corrected chi connectivity index (χ4v) is 2.49. The first kappa shape index (κ1) is 12.9. The summed E-state index contributed by atoms with van der Waals surface area (Å²) in [4.78, 5) is 17.2. The monoisotopic (exact) mass is 248 g/mol. The molecule has 0 unspecified atom stereocenters. The summed E-state index contributed by atoms with van der Waals surface area (Å²) >= 11 is 0. The van der Waals surface area contributed by atoms with Crippen LogP contribution in [0.15, 0.2) is 30.3 Å². The van der Waals surface area contributed by atoms with Crippen LogP contribution in [-0.4, -0.2) is 24.1 Å². The summed E-state index contributed by atoms with van der Waals surface area (Å²) in [5.41, 5.74) is 1.39. The van der Waals surface area contributed by atoms with E-state index in [1.165, 1.54) is 12.0 Å². The predicted molar refractivity (Wildman–Crippen MR) is 69.7 cm³/mol. The first-order valence-corrected chi connectivity index (χ1v) is 6.49. The first-order chi connectivity index (χ1) is 8.79. The number of rotatable bonds is 3. The molecule has 1 saturated heterocycles. The Bertz CT molecular complexity index is 373. The minimum Gasteiger partial charge on any atom is -0.357 e. The Morgan fingerprint density at radius 3 is 2.56 bits per heavy atom. The average molecular weight is 248 g/mol. The molecule has 0 aromatic heterocycles. The first-order valence-electron chi connectivity index (χ1n) is 6.49. The maximum atomic E-state index is 11.2. The Balaban J connectivity index is 1.72. The van der Waals surface area contributed by atoms with E-state index >= 15 is 0 Å². The Morgan fingerprint density at radius 1 is 1.28 bits per heavy atom. The van der Waals surface area contributed by atoms with Crippen molar-refractivity contribution in [2.24, 2.45) is 11.8 Å². The third kappa shape index (κ3) is 3.47. The lowest BCUT2D eigenvalue weighted by molar-refractivity contribution is 0.0872. The lowest BCUT2D eigenvalue weighted by atomic mass is 9.91. The molecule has 4 nitrogen and oxygen atoms in total. The number of aryl methyl sites for hydroxylation is 1. The molecule has 1 amide bonds. The molecular formula is C14H20N2O2. The number of carbonyl (C=O) groups excluding carboxylic acids is 1. The number of hydrogen-bond acceptors (Lipinski definition) is 3. The molecule has 0 radical (unpaired) electrons. The molecule has 0 spiro atoms. The summed E-state index contributed by atoms with van der Waals surface area (Å²) in [5.74, 6) is 5.58. The van der Waals surface area contributed by atoms with Gasteiger partial charge in [-0.2, -0.15) is 5.90 Å². The number of benzene rings is 1. The molecule has 1 aliphatic rings. The van der Waals surface area contributed by atoms with E-state index in [1.54, 1.807) is 4.90 Å². The molecule has 1 aliphatic heterocycles. The number of piperidine rings is 1. The molecule has 1 aromatic rings. The van der Waals surface area contributed by atoms with Crippen molar-refractivity contribution in [3.63, 3.8) is 0 Å². The van der Waals surface area contributed by atoms with Crippen molar-refractivity contribution in [3.05, 3.63) is 35.9 Å². The Hall–Kier alpha value is -1.55. The standard InChI is InChI=1S/C14H20N2O2/c15-18-14(17)16-10-8-13(9-11-16)7-6-12-4-2-1-3-5-12/h1-5,13H,6-11,15H2. The van der Waals surface area contributed by atoms with Crippen molar-refractivity contribution in [2.45, 2.75) is 25.7 Å². The zero-order chi connectivity index (χ0) is 12.8. The van der Waals surface area contributed by atoms with Crippen LogP contribution >= 0.6 is 0 Å². The number of amides is 1. The number of likely N-dealkylation sites (tertiary alicyclic amines) is 1. The van der Waals surface area contributed by atoms with E-state index in [4.69, 9.17) is 5.90 Å². The van der Waals surface area contributed by atoms with Gasteiger partial charge in [0.1, 0.15) is 0 Å². The molecule has 0 aliphatic carbocycles. The van der Waals surface area contributed by atoms with Gasteiger partial charge in [0.15, 0.2) is 0 Å². The maximum Gasteiger partial charge on any atom is 0.428 e. The smallest absolute Gasteiger partial charge is 0.357 e. The van der Waals surface area contributed by atoms with Crippen LogP contribution in [0.5, 0.6) is 0 Å². The largest absolute Gasteiger partial charge is 0.428 e. The molecule has 2 N–H and O–H groups in total. The van der Waals surface area contributed by atoms with E-state index in [-0.39, 0.29) is 0 Å². The van der Waals surface area contributed by atoms with Crippen LogP contribution in [0.2, 0.25) is 0 Å². The van der Waals surface area contributed by atoms with Crippen molar-refractivity contribution >= 4 is 6.09 Å². The van der Waals surface area contributed by atoms with Crippen molar-refractivity contribution in [3.8, 4) is 0 Å². The number of carbonyl (C=O) groups is 1. The molecule has 1 heterocycles. The van der Waals surface area contributed by atoms with Crippen LogP contribution in [0.1, 0.15) is 24.8 Å². The topological polar surface area (TPSA) is 55.6 Å². The quantitative estimate of drug-likeness (QED) is 0.835. The van der Waals surface area contributed by atoms with E-state index in [0.29, 0.717) is 5.92 Å². The third-order valence-electron chi connectivity index (χ3n) is 3.66. The molecule has 98 valence electrons. The fourth-order valence-electron chi connectivity index (χ4n) is 2.49. The Labute approximate surface area is 108 Å². The maximum absolute atomic E-state index is 11.2. The second kappa shape index (κ2) is 6.40. The van der Waals surface area contributed by atoms with E-state index in [0.717, 1.165) is 32.4 Å². The highest BCUT2D eigenvalue weighted by molar-refractivity contribution is 5.67. The van der Waals surface area contributed by atoms with Gasteiger partial charge >= 0.3 is 6.09 Å². The van der Waals surface area contributed by atoms with Crippen LogP contribution < -0.4 is 5.90 Å². The average Bonchev–Trinajstić information content (AvgIpc) is 2.46. The van der Waals surface area contributed by atoms with Crippen LogP contribution in [0.4, 0.5) is 4.79 Å². The second-order valence-corrected chi connectivity index (χ2v) is 4.84. The summed E-state index contributed by atoms with van der Waals surface area (Å²) in [5, 5.41) is 0. The van der Waals surface area contributed by atoms with Gasteiger partial charge in [-0.3, -0.25) is 0 Å². The predicted octanol–water partition coefficient (Wildman–Crippen LogP) is 2.34.